The fourth-order valence-corrected chi connectivity index (χ4v) is 1.96. The molecule has 0 aliphatic rings. The summed E-state index contributed by atoms with van der Waals surface area (Å²) in [6.45, 7) is 1.88. The molecule has 0 saturated heterocycles. The SMILES string of the molecule is COC(=O)c1c(C)ccc2cc(CO)ccc12. The van der Waals surface area contributed by atoms with E-state index in [0.29, 0.717) is 5.56 Å². The number of methoxy groups -OCH3 is 1. The Labute approximate surface area is 99.6 Å². The summed E-state index contributed by atoms with van der Waals surface area (Å²) in [5.41, 5.74) is 2.31. The van der Waals surface area contributed by atoms with E-state index in [1.807, 2.05) is 37.3 Å². The highest BCUT2D eigenvalue weighted by molar-refractivity contribution is 6.05. The van der Waals surface area contributed by atoms with Gasteiger partial charge in [-0.05, 0) is 34.9 Å². The molecule has 3 heteroatoms. The van der Waals surface area contributed by atoms with Gasteiger partial charge in [0.25, 0.3) is 0 Å². The second-order valence-electron chi connectivity index (χ2n) is 3.96. The van der Waals surface area contributed by atoms with Crippen LogP contribution in [0.25, 0.3) is 10.8 Å². The van der Waals surface area contributed by atoms with Gasteiger partial charge < -0.3 is 9.84 Å². The summed E-state index contributed by atoms with van der Waals surface area (Å²) in [6, 6.07) is 9.36. The first-order valence-corrected chi connectivity index (χ1v) is 5.38. The predicted molar refractivity (Wildman–Crippen MR) is 65.9 cm³/mol. The third-order valence-electron chi connectivity index (χ3n) is 2.86. The molecule has 0 amide bonds. The molecular weight excluding hydrogens is 216 g/mol. The van der Waals surface area contributed by atoms with Crippen LogP contribution in [-0.4, -0.2) is 18.2 Å². The van der Waals surface area contributed by atoms with Crippen molar-refractivity contribution in [1.82, 2.24) is 0 Å². The van der Waals surface area contributed by atoms with Gasteiger partial charge in [0, 0.05) is 0 Å². The zero-order valence-electron chi connectivity index (χ0n) is 9.86. The average Bonchev–Trinajstić information content (AvgIpc) is 2.37. The lowest BCUT2D eigenvalue weighted by atomic mass is 9.98. The van der Waals surface area contributed by atoms with Crippen molar-refractivity contribution in [2.45, 2.75) is 13.5 Å². The number of carbonyl (C=O) groups excluding carboxylic acids is 1. The van der Waals surface area contributed by atoms with Gasteiger partial charge in [0.2, 0.25) is 0 Å². The number of esters is 1. The van der Waals surface area contributed by atoms with E-state index in [0.717, 1.165) is 21.9 Å². The minimum absolute atomic E-state index is 0.00261. The summed E-state index contributed by atoms with van der Waals surface area (Å²) in [6.07, 6.45) is 0. The molecule has 17 heavy (non-hydrogen) atoms. The van der Waals surface area contributed by atoms with Gasteiger partial charge in [-0.15, -0.1) is 0 Å². The molecule has 3 nitrogen and oxygen atoms in total. The Balaban J connectivity index is 2.73. The second-order valence-corrected chi connectivity index (χ2v) is 3.96. The fourth-order valence-electron chi connectivity index (χ4n) is 1.96. The molecule has 88 valence electrons. The first kappa shape index (κ1) is 11.6. The number of benzene rings is 2. The number of hydrogen-bond donors (Lipinski definition) is 1. The maximum atomic E-state index is 11.7. The predicted octanol–water partition coefficient (Wildman–Crippen LogP) is 2.43. The molecule has 2 rings (SSSR count). The Hall–Kier alpha value is -1.87. The quantitative estimate of drug-likeness (QED) is 0.806. The van der Waals surface area contributed by atoms with Crippen molar-refractivity contribution in [3.8, 4) is 0 Å². The molecule has 0 aromatic heterocycles. The standard InChI is InChI=1S/C14H14O3/c1-9-3-5-11-7-10(8-15)4-6-12(11)13(9)14(16)17-2/h3-7,15H,8H2,1-2H3. The summed E-state index contributed by atoms with van der Waals surface area (Å²) < 4.78 is 4.79. The maximum absolute atomic E-state index is 11.7. The van der Waals surface area contributed by atoms with Crippen LogP contribution in [0.2, 0.25) is 0 Å². The van der Waals surface area contributed by atoms with Gasteiger partial charge in [0.05, 0.1) is 19.3 Å². The van der Waals surface area contributed by atoms with Crippen LogP contribution in [0, 0.1) is 6.92 Å². The molecule has 0 fully saturated rings. The lowest BCUT2D eigenvalue weighted by Gasteiger charge is -2.09. The van der Waals surface area contributed by atoms with Gasteiger partial charge >= 0.3 is 5.97 Å². The first-order valence-electron chi connectivity index (χ1n) is 5.38. The highest BCUT2D eigenvalue weighted by Crippen LogP contribution is 2.24. The van der Waals surface area contributed by atoms with E-state index in [4.69, 9.17) is 9.84 Å². The third kappa shape index (κ3) is 2.01. The van der Waals surface area contributed by atoms with E-state index in [2.05, 4.69) is 0 Å². The molecule has 0 unspecified atom stereocenters. The van der Waals surface area contributed by atoms with E-state index in [-0.39, 0.29) is 12.6 Å². The van der Waals surface area contributed by atoms with E-state index in [1.54, 1.807) is 0 Å². The van der Waals surface area contributed by atoms with Gasteiger partial charge in [0.1, 0.15) is 0 Å². The van der Waals surface area contributed by atoms with Crippen LogP contribution in [0.1, 0.15) is 21.5 Å². The number of aliphatic hydroxyl groups excluding tert-OH is 1. The normalized spacial score (nSPS) is 10.5. The topological polar surface area (TPSA) is 46.5 Å². The molecule has 0 aliphatic carbocycles. The number of fused-ring (bicyclic) bond motifs is 1. The largest absolute Gasteiger partial charge is 0.465 e. The Morgan fingerprint density at radius 3 is 2.71 bits per heavy atom. The van der Waals surface area contributed by atoms with E-state index < -0.39 is 0 Å². The van der Waals surface area contributed by atoms with E-state index in [9.17, 15) is 4.79 Å². The summed E-state index contributed by atoms with van der Waals surface area (Å²) >= 11 is 0. The van der Waals surface area contributed by atoms with Crippen molar-refractivity contribution in [2.24, 2.45) is 0 Å². The second kappa shape index (κ2) is 4.55. The van der Waals surface area contributed by atoms with Gasteiger partial charge in [-0.1, -0.05) is 24.3 Å². The molecule has 0 bridgehead atoms. The molecule has 0 radical (unpaired) electrons. The first-order chi connectivity index (χ1) is 8.17. The maximum Gasteiger partial charge on any atom is 0.338 e. The Kier molecular flexibility index (Phi) is 3.11. The fraction of sp³-hybridized carbons (Fsp3) is 0.214. The summed E-state index contributed by atoms with van der Waals surface area (Å²) in [7, 11) is 1.38. The summed E-state index contributed by atoms with van der Waals surface area (Å²) in [5, 5.41) is 10.9. The lowest BCUT2D eigenvalue weighted by Crippen LogP contribution is -2.04. The zero-order chi connectivity index (χ0) is 12.4. The molecular formula is C14H14O3. The Morgan fingerprint density at radius 2 is 2.06 bits per heavy atom. The van der Waals surface area contributed by atoms with Crippen LogP contribution < -0.4 is 0 Å². The van der Waals surface area contributed by atoms with Crippen LogP contribution >= 0.6 is 0 Å². The molecule has 0 saturated carbocycles. The van der Waals surface area contributed by atoms with Crippen molar-refractivity contribution in [3.05, 3.63) is 47.0 Å². The van der Waals surface area contributed by atoms with Crippen molar-refractivity contribution < 1.29 is 14.6 Å². The summed E-state index contributed by atoms with van der Waals surface area (Å²) in [5.74, 6) is -0.329. The molecule has 0 spiro atoms. The highest BCUT2D eigenvalue weighted by atomic mass is 16.5. The van der Waals surface area contributed by atoms with Crippen LogP contribution in [0.3, 0.4) is 0 Å². The summed E-state index contributed by atoms with van der Waals surface area (Å²) in [4.78, 5) is 11.7. The van der Waals surface area contributed by atoms with Crippen LogP contribution in [-0.2, 0) is 11.3 Å². The molecule has 0 heterocycles. The van der Waals surface area contributed by atoms with Crippen molar-refractivity contribution in [2.75, 3.05) is 7.11 Å². The molecule has 0 atom stereocenters. The minimum atomic E-state index is -0.329. The van der Waals surface area contributed by atoms with Crippen molar-refractivity contribution in [3.63, 3.8) is 0 Å². The van der Waals surface area contributed by atoms with E-state index >= 15 is 0 Å². The number of ether oxygens (including phenoxy) is 1. The van der Waals surface area contributed by atoms with Crippen LogP contribution in [0.15, 0.2) is 30.3 Å². The van der Waals surface area contributed by atoms with Crippen molar-refractivity contribution >= 4 is 16.7 Å². The van der Waals surface area contributed by atoms with Crippen LogP contribution in [0.4, 0.5) is 0 Å². The van der Waals surface area contributed by atoms with Crippen LogP contribution in [0.5, 0.6) is 0 Å². The Bertz CT molecular complexity index is 573. The highest BCUT2D eigenvalue weighted by Gasteiger charge is 2.13. The monoisotopic (exact) mass is 230 g/mol. The number of aliphatic hydroxyl groups is 1. The average molecular weight is 230 g/mol. The van der Waals surface area contributed by atoms with Gasteiger partial charge in [0.15, 0.2) is 0 Å². The molecule has 2 aromatic carbocycles. The third-order valence-corrected chi connectivity index (χ3v) is 2.86. The number of hydrogen-bond acceptors (Lipinski definition) is 3. The number of rotatable bonds is 2. The number of carbonyl (C=O) groups is 1. The zero-order valence-corrected chi connectivity index (χ0v) is 9.86. The van der Waals surface area contributed by atoms with Gasteiger partial charge in [-0.3, -0.25) is 0 Å². The van der Waals surface area contributed by atoms with Gasteiger partial charge in [-0.2, -0.15) is 0 Å². The van der Waals surface area contributed by atoms with Crippen molar-refractivity contribution in [1.29, 1.82) is 0 Å². The molecule has 0 aliphatic heterocycles. The Morgan fingerprint density at radius 1 is 1.29 bits per heavy atom. The molecule has 2 aromatic rings. The molecule has 1 N–H and O–H groups in total. The lowest BCUT2D eigenvalue weighted by molar-refractivity contribution is 0.0602. The van der Waals surface area contributed by atoms with Gasteiger partial charge in [-0.25, -0.2) is 4.79 Å². The number of aryl methyl sites for hydroxylation is 1. The smallest absolute Gasteiger partial charge is 0.338 e. The minimum Gasteiger partial charge on any atom is -0.465 e. The van der Waals surface area contributed by atoms with E-state index in [1.165, 1.54) is 7.11 Å².